The van der Waals surface area contributed by atoms with E-state index in [4.69, 9.17) is 0 Å². The molecule has 0 saturated carbocycles. The van der Waals surface area contributed by atoms with Gasteiger partial charge < -0.3 is 5.32 Å². The molecule has 1 aliphatic rings. The Labute approximate surface area is 111 Å². The molecule has 1 aliphatic heterocycles. The van der Waals surface area contributed by atoms with Crippen molar-refractivity contribution in [3.05, 3.63) is 65.0 Å². The van der Waals surface area contributed by atoms with E-state index in [1.54, 1.807) is 18.2 Å². The van der Waals surface area contributed by atoms with E-state index >= 15 is 0 Å². The molecule has 0 aromatic heterocycles. The fourth-order valence-electron chi connectivity index (χ4n) is 2.51. The maximum absolute atomic E-state index is 13.7. The van der Waals surface area contributed by atoms with Crippen molar-refractivity contribution in [3.63, 3.8) is 0 Å². The number of halogens is 1. The first kappa shape index (κ1) is 11.9. The first-order valence-electron chi connectivity index (χ1n) is 6.42. The van der Waals surface area contributed by atoms with Crippen molar-refractivity contribution >= 4 is 11.5 Å². The molecular formula is C16H14FNO. The van der Waals surface area contributed by atoms with E-state index in [9.17, 15) is 9.18 Å². The lowest BCUT2D eigenvalue weighted by atomic mass is 9.92. The van der Waals surface area contributed by atoms with Crippen molar-refractivity contribution in [2.24, 2.45) is 0 Å². The average Bonchev–Trinajstić information content (AvgIpc) is 2.46. The monoisotopic (exact) mass is 255 g/mol. The molecule has 3 rings (SSSR count). The summed E-state index contributed by atoms with van der Waals surface area (Å²) in [5.74, 6) is -0.701. The number of anilines is 1. The number of hydrogen-bond acceptors (Lipinski definition) is 2. The Morgan fingerprint density at radius 2 is 1.84 bits per heavy atom. The topological polar surface area (TPSA) is 29.1 Å². The summed E-state index contributed by atoms with van der Waals surface area (Å²) in [5, 5.41) is 3.28. The number of fused-ring (bicyclic) bond motifs is 1. The molecule has 1 N–H and O–H groups in total. The van der Waals surface area contributed by atoms with Crippen LogP contribution in [0.3, 0.4) is 0 Å². The quantitative estimate of drug-likeness (QED) is 0.833. The van der Waals surface area contributed by atoms with Crippen molar-refractivity contribution in [2.75, 3.05) is 11.9 Å². The van der Waals surface area contributed by atoms with Gasteiger partial charge in [-0.3, -0.25) is 4.79 Å². The van der Waals surface area contributed by atoms with Crippen LogP contribution < -0.4 is 5.32 Å². The Morgan fingerprint density at radius 3 is 2.68 bits per heavy atom. The van der Waals surface area contributed by atoms with E-state index in [0.29, 0.717) is 5.56 Å². The van der Waals surface area contributed by atoms with Crippen LogP contribution in [0.5, 0.6) is 0 Å². The number of nitrogens with one attached hydrogen (secondary N) is 1. The van der Waals surface area contributed by atoms with Crippen LogP contribution in [0.15, 0.2) is 42.5 Å². The molecule has 0 atom stereocenters. The lowest BCUT2D eigenvalue weighted by Gasteiger charge is -2.20. The third kappa shape index (κ3) is 2.12. The van der Waals surface area contributed by atoms with Gasteiger partial charge in [-0.2, -0.15) is 0 Å². The second kappa shape index (κ2) is 4.84. The Hall–Kier alpha value is -2.16. The van der Waals surface area contributed by atoms with Gasteiger partial charge in [0.2, 0.25) is 0 Å². The third-order valence-corrected chi connectivity index (χ3v) is 3.46. The van der Waals surface area contributed by atoms with E-state index < -0.39 is 5.82 Å². The second-order valence-corrected chi connectivity index (χ2v) is 4.67. The lowest BCUT2D eigenvalue weighted by Crippen LogP contribution is -2.16. The van der Waals surface area contributed by atoms with Crippen molar-refractivity contribution < 1.29 is 9.18 Å². The highest BCUT2D eigenvalue weighted by Crippen LogP contribution is 2.27. The highest BCUT2D eigenvalue weighted by molar-refractivity contribution is 6.10. The van der Waals surface area contributed by atoms with Crippen LogP contribution in [0, 0.1) is 5.82 Å². The molecule has 96 valence electrons. The van der Waals surface area contributed by atoms with Crippen molar-refractivity contribution in [1.82, 2.24) is 0 Å². The highest BCUT2D eigenvalue weighted by atomic mass is 19.1. The summed E-state index contributed by atoms with van der Waals surface area (Å²) in [6.07, 6.45) is 1.85. The molecule has 3 heteroatoms. The predicted molar refractivity (Wildman–Crippen MR) is 73.1 cm³/mol. The van der Waals surface area contributed by atoms with E-state index in [1.165, 1.54) is 12.1 Å². The van der Waals surface area contributed by atoms with Crippen molar-refractivity contribution in [2.45, 2.75) is 12.8 Å². The van der Waals surface area contributed by atoms with Gasteiger partial charge in [-0.25, -0.2) is 4.39 Å². The molecule has 1 heterocycles. The molecule has 0 radical (unpaired) electrons. The summed E-state index contributed by atoms with van der Waals surface area (Å²) in [7, 11) is 0. The minimum absolute atomic E-state index is 0.140. The van der Waals surface area contributed by atoms with Crippen LogP contribution >= 0.6 is 0 Å². The number of hydrogen-bond donors (Lipinski definition) is 1. The minimum Gasteiger partial charge on any atom is -0.385 e. The second-order valence-electron chi connectivity index (χ2n) is 4.67. The first-order chi connectivity index (χ1) is 9.27. The first-order valence-corrected chi connectivity index (χ1v) is 6.42. The normalized spacial score (nSPS) is 13.5. The summed E-state index contributed by atoms with van der Waals surface area (Å²) >= 11 is 0. The molecule has 0 amide bonds. The zero-order valence-electron chi connectivity index (χ0n) is 10.4. The zero-order chi connectivity index (χ0) is 13.2. The standard InChI is InChI=1S/C16H14FNO/c17-14-8-2-1-5-13(14)16(19)12-6-3-9-15-11(12)7-4-10-18-15/h1-3,5-6,8-9,18H,4,7,10H2. The van der Waals surface area contributed by atoms with Crippen LogP contribution in [-0.4, -0.2) is 12.3 Å². The third-order valence-electron chi connectivity index (χ3n) is 3.46. The van der Waals surface area contributed by atoms with Gasteiger partial charge in [-0.15, -0.1) is 0 Å². The zero-order valence-corrected chi connectivity index (χ0v) is 10.4. The van der Waals surface area contributed by atoms with Gasteiger partial charge >= 0.3 is 0 Å². The largest absolute Gasteiger partial charge is 0.385 e. The van der Waals surface area contributed by atoms with Crippen LogP contribution in [0.25, 0.3) is 0 Å². The molecule has 0 unspecified atom stereocenters. The van der Waals surface area contributed by atoms with Crippen LogP contribution in [0.1, 0.15) is 27.9 Å². The predicted octanol–water partition coefficient (Wildman–Crippen LogP) is 3.41. The Morgan fingerprint density at radius 1 is 1.05 bits per heavy atom. The average molecular weight is 255 g/mol. The molecule has 2 nitrogen and oxygen atoms in total. The number of rotatable bonds is 2. The molecule has 0 spiro atoms. The number of ketones is 1. The maximum atomic E-state index is 13.7. The number of carbonyl (C=O) groups excluding carboxylic acids is 1. The molecule has 0 aliphatic carbocycles. The van der Waals surface area contributed by atoms with Gasteiger partial charge in [0.1, 0.15) is 5.82 Å². The van der Waals surface area contributed by atoms with Gasteiger partial charge in [0, 0.05) is 17.8 Å². The van der Waals surface area contributed by atoms with Gasteiger partial charge in [0.15, 0.2) is 5.78 Å². The van der Waals surface area contributed by atoms with E-state index in [0.717, 1.165) is 30.6 Å². The smallest absolute Gasteiger partial charge is 0.196 e. The van der Waals surface area contributed by atoms with Gasteiger partial charge in [0.25, 0.3) is 0 Å². The SMILES string of the molecule is O=C(c1ccccc1F)c1cccc2c1CCCN2. The van der Waals surface area contributed by atoms with Crippen LogP contribution in [0.4, 0.5) is 10.1 Å². The van der Waals surface area contributed by atoms with Gasteiger partial charge in [0.05, 0.1) is 5.56 Å². The van der Waals surface area contributed by atoms with Crippen LogP contribution in [0.2, 0.25) is 0 Å². The molecule has 19 heavy (non-hydrogen) atoms. The minimum atomic E-state index is -0.464. The number of carbonyl (C=O) groups is 1. The molecule has 2 aromatic rings. The molecule has 2 aromatic carbocycles. The molecular weight excluding hydrogens is 241 g/mol. The fraction of sp³-hybridized carbons (Fsp3) is 0.188. The van der Waals surface area contributed by atoms with Gasteiger partial charge in [-0.1, -0.05) is 24.3 Å². The Bertz CT molecular complexity index is 636. The molecule has 0 bridgehead atoms. The van der Waals surface area contributed by atoms with E-state index in [-0.39, 0.29) is 11.3 Å². The summed E-state index contributed by atoms with van der Waals surface area (Å²) < 4.78 is 13.7. The Balaban J connectivity index is 2.08. The summed E-state index contributed by atoms with van der Waals surface area (Å²) in [5.41, 5.74) is 2.74. The van der Waals surface area contributed by atoms with Crippen LogP contribution in [-0.2, 0) is 6.42 Å². The van der Waals surface area contributed by atoms with Gasteiger partial charge in [-0.05, 0) is 36.6 Å². The van der Waals surface area contributed by atoms with E-state index in [2.05, 4.69) is 5.32 Å². The molecule has 0 fully saturated rings. The summed E-state index contributed by atoms with van der Waals surface area (Å²) in [6, 6.07) is 11.7. The molecule has 0 saturated heterocycles. The van der Waals surface area contributed by atoms with Crippen molar-refractivity contribution in [3.8, 4) is 0 Å². The number of benzene rings is 2. The van der Waals surface area contributed by atoms with E-state index in [1.807, 2.05) is 12.1 Å². The fourth-order valence-corrected chi connectivity index (χ4v) is 2.51. The van der Waals surface area contributed by atoms with Crippen molar-refractivity contribution in [1.29, 1.82) is 0 Å². The summed E-state index contributed by atoms with van der Waals surface area (Å²) in [4.78, 5) is 12.5. The Kier molecular flexibility index (Phi) is 3.03. The highest BCUT2D eigenvalue weighted by Gasteiger charge is 2.20. The lowest BCUT2D eigenvalue weighted by molar-refractivity contribution is 0.103. The maximum Gasteiger partial charge on any atom is 0.196 e. The summed E-state index contributed by atoms with van der Waals surface area (Å²) in [6.45, 7) is 0.921.